The first-order chi connectivity index (χ1) is 19.9. The Bertz CT molecular complexity index is 1470. The Morgan fingerprint density at radius 1 is 0.452 bits per heavy atom. The standard InChI is InChI=1S/C28H22O14/c1-37-25(33)15-11-21(17(9-19(15)29)27(35)39-3)41-23(31)13-5-7-14(8-6-13)24(32)42-22-12-16(26(34)38-2)20(30)10-18(22)28(36)40-4/h5-12,29-30H,1-4H3. The van der Waals surface area contributed by atoms with Gasteiger partial charge in [0.2, 0.25) is 0 Å². The van der Waals surface area contributed by atoms with Gasteiger partial charge in [0, 0.05) is 12.1 Å². The third kappa shape index (κ3) is 6.44. The molecule has 0 atom stereocenters. The van der Waals surface area contributed by atoms with Gasteiger partial charge in [-0.05, 0) is 36.4 Å². The molecule has 3 rings (SSSR count). The fourth-order valence-corrected chi connectivity index (χ4v) is 3.45. The summed E-state index contributed by atoms with van der Waals surface area (Å²) in [6.45, 7) is 0. The Hall–Kier alpha value is -5.92. The first-order valence-electron chi connectivity index (χ1n) is 11.6. The van der Waals surface area contributed by atoms with Crippen LogP contribution in [0.25, 0.3) is 0 Å². The molecule has 0 aliphatic heterocycles. The van der Waals surface area contributed by atoms with Crippen LogP contribution in [0.15, 0.2) is 48.5 Å². The van der Waals surface area contributed by atoms with Gasteiger partial charge in [0.05, 0.1) is 39.6 Å². The van der Waals surface area contributed by atoms with Crippen LogP contribution in [0.3, 0.4) is 0 Å². The molecule has 2 N–H and O–H groups in total. The van der Waals surface area contributed by atoms with Crippen LogP contribution in [0.4, 0.5) is 0 Å². The zero-order valence-corrected chi connectivity index (χ0v) is 22.4. The number of ether oxygens (including phenoxy) is 6. The number of benzene rings is 3. The van der Waals surface area contributed by atoms with Gasteiger partial charge in [-0.2, -0.15) is 0 Å². The maximum absolute atomic E-state index is 12.8. The van der Waals surface area contributed by atoms with Crippen molar-refractivity contribution in [3.63, 3.8) is 0 Å². The highest BCUT2D eigenvalue weighted by Gasteiger charge is 2.25. The quantitative estimate of drug-likeness (QED) is 0.223. The van der Waals surface area contributed by atoms with Crippen molar-refractivity contribution in [1.29, 1.82) is 0 Å². The molecule has 0 saturated carbocycles. The van der Waals surface area contributed by atoms with Crippen molar-refractivity contribution in [3.8, 4) is 23.0 Å². The van der Waals surface area contributed by atoms with E-state index in [2.05, 4.69) is 18.9 Å². The van der Waals surface area contributed by atoms with E-state index in [0.29, 0.717) is 0 Å². The molecule has 0 fully saturated rings. The van der Waals surface area contributed by atoms with Crippen LogP contribution in [0, 0.1) is 0 Å². The van der Waals surface area contributed by atoms with Gasteiger partial charge in [-0.1, -0.05) is 0 Å². The molecule has 0 unspecified atom stereocenters. The highest BCUT2D eigenvalue weighted by molar-refractivity contribution is 6.02. The minimum absolute atomic E-state index is 0.108. The summed E-state index contributed by atoms with van der Waals surface area (Å²) in [6, 6.07) is 8.31. The molecule has 0 radical (unpaired) electrons. The average Bonchev–Trinajstić information content (AvgIpc) is 3.00. The molecule has 0 aromatic heterocycles. The summed E-state index contributed by atoms with van der Waals surface area (Å²) in [5, 5.41) is 20.2. The number of phenols is 2. The van der Waals surface area contributed by atoms with Gasteiger partial charge in [0.15, 0.2) is 0 Å². The van der Waals surface area contributed by atoms with Crippen molar-refractivity contribution >= 4 is 35.8 Å². The monoisotopic (exact) mass is 582 g/mol. The summed E-state index contributed by atoms with van der Waals surface area (Å²) >= 11 is 0. The lowest BCUT2D eigenvalue weighted by Crippen LogP contribution is -2.15. The van der Waals surface area contributed by atoms with Crippen LogP contribution < -0.4 is 9.47 Å². The van der Waals surface area contributed by atoms with Gasteiger partial charge in [-0.3, -0.25) is 0 Å². The zero-order valence-electron chi connectivity index (χ0n) is 22.4. The lowest BCUT2D eigenvalue weighted by molar-refractivity contribution is 0.0573. The minimum Gasteiger partial charge on any atom is -0.507 e. The Morgan fingerprint density at radius 2 is 0.738 bits per heavy atom. The summed E-state index contributed by atoms with van der Waals surface area (Å²) in [4.78, 5) is 73.8. The predicted octanol–water partition coefficient (Wildman–Crippen LogP) is 2.68. The van der Waals surface area contributed by atoms with E-state index in [4.69, 9.17) is 9.47 Å². The van der Waals surface area contributed by atoms with Crippen LogP contribution in [0.2, 0.25) is 0 Å². The van der Waals surface area contributed by atoms with Crippen molar-refractivity contribution in [2.75, 3.05) is 28.4 Å². The highest BCUT2D eigenvalue weighted by atomic mass is 16.6. The van der Waals surface area contributed by atoms with E-state index in [9.17, 15) is 39.0 Å². The minimum atomic E-state index is -1.02. The van der Waals surface area contributed by atoms with Gasteiger partial charge in [-0.25, -0.2) is 28.8 Å². The molecular formula is C28H22O14. The van der Waals surface area contributed by atoms with E-state index < -0.39 is 58.8 Å². The lowest BCUT2D eigenvalue weighted by Gasteiger charge is -2.13. The molecule has 14 heteroatoms. The largest absolute Gasteiger partial charge is 0.507 e. The number of esters is 6. The SMILES string of the molecule is COC(=O)c1cc(OC(=O)c2ccc(C(=O)Oc3cc(C(=O)OC)c(O)cc3C(=O)OC)cc2)c(C(=O)OC)cc1O. The van der Waals surface area contributed by atoms with Crippen molar-refractivity contribution in [2.45, 2.75) is 0 Å². The van der Waals surface area contributed by atoms with Crippen molar-refractivity contribution < 1.29 is 67.4 Å². The molecule has 0 spiro atoms. The summed E-state index contributed by atoms with van der Waals surface area (Å²) in [6.07, 6.45) is 0. The summed E-state index contributed by atoms with van der Waals surface area (Å²) < 4.78 is 28.9. The number of hydrogen-bond acceptors (Lipinski definition) is 14. The van der Waals surface area contributed by atoms with Crippen molar-refractivity contribution in [2.24, 2.45) is 0 Å². The molecule has 218 valence electrons. The summed E-state index contributed by atoms with van der Waals surface area (Å²) in [7, 11) is 4.23. The van der Waals surface area contributed by atoms with E-state index in [1.54, 1.807) is 0 Å². The Labute approximate surface area is 236 Å². The number of carbonyl (C=O) groups excluding carboxylic acids is 6. The van der Waals surface area contributed by atoms with Crippen LogP contribution >= 0.6 is 0 Å². The molecule has 3 aromatic rings. The smallest absolute Gasteiger partial charge is 0.343 e. The van der Waals surface area contributed by atoms with Crippen LogP contribution in [-0.2, 0) is 18.9 Å². The highest BCUT2D eigenvalue weighted by Crippen LogP contribution is 2.31. The number of methoxy groups -OCH3 is 4. The van der Waals surface area contributed by atoms with E-state index in [1.165, 1.54) is 24.3 Å². The topological polar surface area (TPSA) is 198 Å². The first kappa shape index (κ1) is 30.6. The maximum atomic E-state index is 12.8. The number of phenolic OH excluding ortho intramolecular Hbond substituents is 2. The number of hydrogen-bond donors (Lipinski definition) is 2. The van der Waals surface area contributed by atoms with E-state index >= 15 is 0 Å². The molecule has 0 saturated heterocycles. The zero-order chi connectivity index (χ0) is 31.1. The van der Waals surface area contributed by atoms with Gasteiger partial charge in [0.25, 0.3) is 0 Å². The average molecular weight is 582 g/mol. The van der Waals surface area contributed by atoms with Gasteiger partial charge in [0.1, 0.15) is 45.3 Å². The van der Waals surface area contributed by atoms with Gasteiger partial charge in [-0.15, -0.1) is 0 Å². The second-order valence-electron chi connectivity index (χ2n) is 8.05. The Kier molecular flexibility index (Phi) is 9.44. The van der Waals surface area contributed by atoms with Crippen LogP contribution in [-0.4, -0.2) is 74.5 Å². The molecular weight excluding hydrogens is 560 g/mol. The van der Waals surface area contributed by atoms with Gasteiger partial charge >= 0.3 is 35.8 Å². The second-order valence-corrected chi connectivity index (χ2v) is 8.05. The third-order valence-electron chi connectivity index (χ3n) is 5.58. The van der Waals surface area contributed by atoms with E-state index in [1.807, 2.05) is 0 Å². The molecule has 14 nitrogen and oxygen atoms in total. The normalized spacial score (nSPS) is 10.2. The summed E-state index contributed by atoms with van der Waals surface area (Å²) in [5.41, 5.74) is -1.72. The van der Waals surface area contributed by atoms with Crippen LogP contribution in [0.5, 0.6) is 23.0 Å². The molecule has 0 heterocycles. The van der Waals surface area contributed by atoms with Gasteiger partial charge < -0.3 is 38.6 Å². The number of rotatable bonds is 8. The molecule has 0 aliphatic carbocycles. The van der Waals surface area contributed by atoms with E-state index in [0.717, 1.165) is 52.7 Å². The first-order valence-corrected chi connectivity index (χ1v) is 11.6. The Balaban J connectivity index is 1.88. The number of aromatic hydroxyl groups is 2. The predicted molar refractivity (Wildman–Crippen MR) is 138 cm³/mol. The second kappa shape index (κ2) is 13.0. The third-order valence-corrected chi connectivity index (χ3v) is 5.58. The lowest BCUT2D eigenvalue weighted by atomic mass is 10.1. The summed E-state index contributed by atoms with van der Waals surface area (Å²) in [5.74, 6) is -7.99. The number of carbonyl (C=O) groups is 6. The fourth-order valence-electron chi connectivity index (χ4n) is 3.45. The van der Waals surface area contributed by atoms with Crippen molar-refractivity contribution in [3.05, 3.63) is 81.9 Å². The molecule has 42 heavy (non-hydrogen) atoms. The molecule has 3 aromatic carbocycles. The maximum Gasteiger partial charge on any atom is 0.343 e. The molecule has 0 aliphatic rings. The Morgan fingerprint density at radius 3 is 1.02 bits per heavy atom. The molecule has 0 bridgehead atoms. The fraction of sp³-hybridized carbons (Fsp3) is 0.143. The molecule has 0 amide bonds. The van der Waals surface area contributed by atoms with Crippen molar-refractivity contribution in [1.82, 2.24) is 0 Å². The van der Waals surface area contributed by atoms with E-state index in [-0.39, 0.29) is 33.4 Å². The van der Waals surface area contributed by atoms with Crippen LogP contribution in [0.1, 0.15) is 62.1 Å².